The Bertz CT molecular complexity index is 343. The molecule has 1 aliphatic rings. The molecule has 0 saturated heterocycles. The lowest BCUT2D eigenvalue weighted by atomic mass is 9.79. The summed E-state index contributed by atoms with van der Waals surface area (Å²) in [5.74, 6) is 0.374. The summed E-state index contributed by atoms with van der Waals surface area (Å²) < 4.78 is 0. The summed E-state index contributed by atoms with van der Waals surface area (Å²) in [5.41, 5.74) is 4.07. The van der Waals surface area contributed by atoms with Gasteiger partial charge in [-0.05, 0) is 43.4 Å². The second kappa shape index (κ2) is 4.36. The van der Waals surface area contributed by atoms with E-state index in [1.807, 2.05) is 0 Å². The van der Waals surface area contributed by atoms with E-state index in [2.05, 4.69) is 32.0 Å². The van der Waals surface area contributed by atoms with Crippen LogP contribution >= 0.6 is 0 Å². The summed E-state index contributed by atoms with van der Waals surface area (Å²) in [7, 11) is 0. The topological polar surface area (TPSA) is 20.2 Å². The van der Waals surface area contributed by atoms with Crippen molar-refractivity contribution in [3.8, 4) is 0 Å². The standard InChI is InChI=1S/C14H20O/c1-10-6-5-8-12(11(10)2)13-7-3-4-9-14(13)15/h5-6,8,13-15H,3-4,7,9H2,1-2H3/t13-,14+/m1/s1. The molecule has 82 valence electrons. The van der Waals surface area contributed by atoms with Crippen molar-refractivity contribution in [2.24, 2.45) is 0 Å². The fourth-order valence-corrected chi connectivity index (χ4v) is 2.65. The van der Waals surface area contributed by atoms with Gasteiger partial charge in [0.05, 0.1) is 6.10 Å². The van der Waals surface area contributed by atoms with Gasteiger partial charge >= 0.3 is 0 Å². The smallest absolute Gasteiger partial charge is 0.0608 e. The third kappa shape index (κ3) is 2.07. The van der Waals surface area contributed by atoms with Crippen LogP contribution in [0.2, 0.25) is 0 Å². The van der Waals surface area contributed by atoms with Crippen LogP contribution in [0, 0.1) is 13.8 Å². The first kappa shape index (κ1) is 10.7. The number of aryl methyl sites for hydroxylation is 1. The van der Waals surface area contributed by atoms with Crippen LogP contribution in [0.15, 0.2) is 18.2 Å². The monoisotopic (exact) mass is 204 g/mol. The van der Waals surface area contributed by atoms with Gasteiger partial charge in [-0.25, -0.2) is 0 Å². The van der Waals surface area contributed by atoms with Gasteiger partial charge in [-0.2, -0.15) is 0 Å². The van der Waals surface area contributed by atoms with E-state index in [0.717, 1.165) is 12.8 Å². The molecule has 0 heterocycles. The summed E-state index contributed by atoms with van der Waals surface area (Å²) in [4.78, 5) is 0. The van der Waals surface area contributed by atoms with E-state index < -0.39 is 0 Å². The third-order valence-corrected chi connectivity index (χ3v) is 3.78. The molecule has 1 N–H and O–H groups in total. The molecule has 1 nitrogen and oxygen atoms in total. The molecule has 15 heavy (non-hydrogen) atoms. The molecule has 0 bridgehead atoms. The molecule has 1 fully saturated rings. The zero-order chi connectivity index (χ0) is 10.8. The second-order valence-electron chi connectivity index (χ2n) is 4.75. The summed E-state index contributed by atoms with van der Waals surface area (Å²) in [6, 6.07) is 6.44. The van der Waals surface area contributed by atoms with Crippen LogP contribution in [-0.2, 0) is 0 Å². The molecule has 1 heteroatoms. The highest BCUT2D eigenvalue weighted by molar-refractivity contribution is 5.36. The van der Waals surface area contributed by atoms with E-state index in [9.17, 15) is 5.11 Å². The average molecular weight is 204 g/mol. The Morgan fingerprint density at radius 3 is 2.60 bits per heavy atom. The largest absolute Gasteiger partial charge is 0.392 e. The highest BCUT2D eigenvalue weighted by Gasteiger charge is 2.25. The van der Waals surface area contributed by atoms with Gasteiger partial charge in [0.2, 0.25) is 0 Å². The molecule has 0 spiro atoms. The molecule has 1 aromatic carbocycles. The maximum atomic E-state index is 10.0. The van der Waals surface area contributed by atoms with E-state index >= 15 is 0 Å². The Morgan fingerprint density at radius 1 is 1.13 bits per heavy atom. The molecular formula is C14H20O. The van der Waals surface area contributed by atoms with E-state index in [0.29, 0.717) is 5.92 Å². The molecular weight excluding hydrogens is 184 g/mol. The van der Waals surface area contributed by atoms with E-state index in [1.54, 1.807) is 0 Å². The Hall–Kier alpha value is -0.820. The minimum absolute atomic E-state index is 0.126. The number of hydrogen-bond donors (Lipinski definition) is 1. The highest BCUT2D eigenvalue weighted by Crippen LogP contribution is 2.35. The first-order chi connectivity index (χ1) is 7.20. The van der Waals surface area contributed by atoms with Crippen molar-refractivity contribution in [3.05, 3.63) is 34.9 Å². The van der Waals surface area contributed by atoms with Crippen molar-refractivity contribution in [2.45, 2.75) is 51.6 Å². The SMILES string of the molecule is Cc1cccc([C@H]2CCCC[C@@H]2O)c1C. The van der Waals surface area contributed by atoms with E-state index in [-0.39, 0.29) is 6.10 Å². The predicted molar refractivity (Wildman–Crippen MR) is 63.1 cm³/mol. The van der Waals surface area contributed by atoms with Gasteiger partial charge in [-0.15, -0.1) is 0 Å². The first-order valence-electron chi connectivity index (χ1n) is 5.94. The van der Waals surface area contributed by atoms with Crippen LogP contribution in [0.25, 0.3) is 0 Å². The maximum absolute atomic E-state index is 10.0. The van der Waals surface area contributed by atoms with Crippen molar-refractivity contribution in [1.29, 1.82) is 0 Å². The summed E-state index contributed by atoms with van der Waals surface area (Å²) in [6.45, 7) is 4.32. The van der Waals surface area contributed by atoms with Gasteiger partial charge in [-0.1, -0.05) is 31.0 Å². The lowest BCUT2D eigenvalue weighted by molar-refractivity contribution is 0.106. The van der Waals surface area contributed by atoms with Crippen molar-refractivity contribution < 1.29 is 5.11 Å². The Morgan fingerprint density at radius 2 is 1.87 bits per heavy atom. The number of benzene rings is 1. The summed E-state index contributed by atoms with van der Waals surface area (Å²) in [6.07, 6.45) is 4.43. The maximum Gasteiger partial charge on any atom is 0.0608 e. The number of rotatable bonds is 1. The molecule has 1 saturated carbocycles. The van der Waals surface area contributed by atoms with Crippen LogP contribution in [0.4, 0.5) is 0 Å². The van der Waals surface area contributed by atoms with Gasteiger partial charge in [0.25, 0.3) is 0 Å². The van der Waals surface area contributed by atoms with E-state index in [4.69, 9.17) is 0 Å². The summed E-state index contributed by atoms with van der Waals surface area (Å²) >= 11 is 0. The average Bonchev–Trinajstić information content (AvgIpc) is 2.23. The zero-order valence-corrected chi connectivity index (χ0v) is 9.66. The van der Waals surface area contributed by atoms with Crippen molar-refractivity contribution >= 4 is 0 Å². The van der Waals surface area contributed by atoms with Crippen LogP contribution in [-0.4, -0.2) is 11.2 Å². The van der Waals surface area contributed by atoms with Crippen LogP contribution in [0.3, 0.4) is 0 Å². The highest BCUT2D eigenvalue weighted by atomic mass is 16.3. The molecule has 2 atom stereocenters. The fourth-order valence-electron chi connectivity index (χ4n) is 2.65. The predicted octanol–water partition coefficient (Wildman–Crippen LogP) is 3.32. The lowest BCUT2D eigenvalue weighted by Crippen LogP contribution is -2.23. The van der Waals surface area contributed by atoms with Gasteiger partial charge in [-0.3, -0.25) is 0 Å². The Labute approximate surface area is 92.1 Å². The molecule has 1 aliphatic carbocycles. The fraction of sp³-hybridized carbons (Fsp3) is 0.571. The van der Waals surface area contributed by atoms with Crippen LogP contribution in [0.5, 0.6) is 0 Å². The van der Waals surface area contributed by atoms with Crippen LogP contribution in [0.1, 0.15) is 48.3 Å². The second-order valence-corrected chi connectivity index (χ2v) is 4.75. The normalized spacial score (nSPS) is 26.6. The third-order valence-electron chi connectivity index (χ3n) is 3.78. The van der Waals surface area contributed by atoms with Crippen LogP contribution < -0.4 is 0 Å². The van der Waals surface area contributed by atoms with Gasteiger partial charge < -0.3 is 5.11 Å². The number of aliphatic hydroxyl groups is 1. The molecule has 0 unspecified atom stereocenters. The summed E-state index contributed by atoms with van der Waals surface area (Å²) in [5, 5.41) is 10.0. The molecule has 1 aromatic rings. The van der Waals surface area contributed by atoms with Gasteiger partial charge in [0.1, 0.15) is 0 Å². The molecule has 0 radical (unpaired) electrons. The van der Waals surface area contributed by atoms with Crippen molar-refractivity contribution in [3.63, 3.8) is 0 Å². The number of aliphatic hydroxyl groups excluding tert-OH is 1. The van der Waals surface area contributed by atoms with Crippen molar-refractivity contribution in [2.75, 3.05) is 0 Å². The van der Waals surface area contributed by atoms with Gasteiger partial charge in [0, 0.05) is 5.92 Å². The Balaban J connectivity index is 2.31. The molecule has 2 rings (SSSR count). The first-order valence-corrected chi connectivity index (χ1v) is 5.94. The molecule has 0 amide bonds. The minimum Gasteiger partial charge on any atom is -0.392 e. The van der Waals surface area contributed by atoms with Crippen molar-refractivity contribution in [1.82, 2.24) is 0 Å². The number of hydrogen-bond acceptors (Lipinski definition) is 1. The Kier molecular flexibility index (Phi) is 3.11. The lowest BCUT2D eigenvalue weighted by Gasteiger charge is -2.29. The minimum atomic E-state index is -0.126. The van der Waals surface area contributed by atoms with E-state index in [1.165, 1.54) is 29.5 Å². The molecule has 0 aromatic heterocycles. The zero-order valence-electron chi connectivity index (χ0n) is 9.66. The van der Waals surface area contributed by atoms with Gasteiger partial charge in [0.15, 0.2) is 0 Å². The quantitative estimate of drug-likeness (QED) is 0.744. The molecule has 0 aliphatic heterocycles.